The summed E-state index contributed by atoms with van der Waals surface area (Å²) in [5.74, 6) is 3.34. The van der Waals surface area contributed by atoms with Crippen LogP contribution in [-0.4, -0.2) is 28.4 Å². The van der Waals surface area contributed by atoms with Gasteiger partial charge in [0.25, 0.3) is 0 Å². The fraction of sp³-hybridized carbons (Fsp3) is 0.250. The highest BCUT2D eigenvalue weighted by atomic mass is 16.5. The Morgan fingerprint density at radius 1 is 0.391 bits per heavy atom. The smallest absolute Gasteiger partial charge is 0.119 e. The van der Waals surface area contributed by atoms with Crippen LogP contribution in [0.4, 0.5) is 34.1 Å². The first-order valence-electron chi connectivity index (χ1n) is 15.6. The number of benzene rings is 5. The van der Waals surface area contributed by atoms with Crippen LogP contribution in [-0.2, 0) is 10.8 Å². The monoisotopic (exact) mass is 612 g/mol. The third-order valence-electron chi connectivity index (χ3n) is 9.82. The number of rotatable bonds is 6. The number of fused-ring (bicyclic) bond motifs is 4. The van der Waals surface area contributed by atoms with E-state index in [9.17, 15) is 0 Å². The van der Waals surface area contributed by atoms with Gasteiger partial charge in [0.1, 0.15) is 23.0 Å². The topological polar surface area (TPSA) is 43.4 Å². The van der Waals surface area contributed by atoms with Gasteiger partial charge in [-0.1, -0.05) is 33.8 Å². The molecule has 2 aliphatic rings. The summed E-state index contributed by atoms with van der Waals surface area (Å²) >= 11 is 0. The van der Waals surface area contributed by atoms with Crippen molar-refractivity contribution in [3.8, 4) is 23.0 Å². The van der Waals surface area contributed by atoms with E-state index in [4.69, 9.17) is 18.9 Å². The first-order valence-corrected chi connectivity index (χ1v) is 15.6. The number of hydrogen-bond acceptors (Lipinski definition) is 6. The lowest BCUT2D eigenvalue weighted by Gasteiger charge is -2.43. The molecule has 6 heteroatoms. The zero-order valence-electron chi connectivity index (χ0n) is 27.8. The van der Waals surface area contributed by atoms with Gasteiger partial charge >= 0.3 is 0 Å². The van der Waals surface area contributed by atoms with E-state index >= 15 is 0 Å². The molecule has 2 heterocycles. The van der Waals surface area contributed by atoms with Crippen LogP contribution in [0.3, 0.4) is 0 Å². The van der Waals surface area contributed by atoms with Crippen molar-refractivity contribution in [1.82, 2.24) is 0 Å². The van der Waals surface area contributed by atoms with Crippen LogP contribution < -0.4 is 28.7 Å². The molecule has 234 valence electrons. The Morgan fingerprint density at radius 2 is 0.674 bits per heavy atom. The molecule has 0 aliphatic carbocycles. The molecule has 0 saturated heterocycles. The lowest BCUT2D eigenvalue weighted by molar-refractivity contribution is 0.411. The van der Waals surface area contributed by atoms with Crippen molar-refractivity contribution in [2.24, 2.45) is 0 Å². The van der Waals surface area contributed by atoms with Crippen molar-refractivity contribution in [2.75, 3.05) is 38.2 Å². The van der Waals surface area contributed by atoms with Gasteiger partial charge in [0.2, 0.25) is 0 Å². The lowest BCUT2D eigenvalue weighted by atomic mass is 9.73. The van der Waals surface area contributed by atoms with Gasteiger partial charge in [0, 0.05) is 22.2 Å². The van der Waals surface area contributed by atoms with Crippen molar-refractivity contribution < 1.29 is 18.9 Å². The second kappa shape index (κ2) is 10.8. The maximum absolute atomic E-state index is 5.69. The van der Waals surface area contributed by atoms with Crippen LogP contribution in [0.1, 0.15) is 49.9 Å². The van der Waals surface area contributed by atoms with E-state index < -0.39 is 0 Å². The molecule has 0 radical (unpaired) electrons. The van der Waals surface area contributed by atoms with E-state index in [-0.39, 0.29) is 10.8 Å². The minimum atomic E-state index is -0.281. The van der Waals surface area contributed by atoms with Crippen LogP contribution in [0.5, 0.6) is 23.0 Å². The summed E-state index contributed by atoms with van der Waals surface area (Å²) in [6.45, 7) is 9.07. The van der Waals surface area contributed by atoms with Gasteiger partial charge in [-0.25, -0.2) is 0 Å². The lowest BCUT2D eigenvalue weighted by Crippen LogP contribution is -2.31. The van der Waals surface area contributed by atoms with Crippen LogP contribution in [0, 0.1) is 0 Å². The fourth-order valence-corrected chi connectivity index (χ4v) is 7.23. The molecule has 5 aromatic carbocycles. The number of nitrogens with zero attached hydrogens (tertiary/aromatic N) is 2. The van der Waals surface area contributed by atoms with Crippen LogP contribution >= 0.6 is 0 Å². The molecule has 0 aromatic heterocycles. The molecule has 0 saturated carbocycles. The van der Waals surface area contributed by atoms with Gasteiger partial charge in [-0.3, -0.25) is 0 Å². The molecule has 5 aromatic rings. The average Bonchev–Trinajstić information content (AvgIpc) is 3.08. The number of anilines is 6. The van der Waals surface area contributed by atoms with Crippen molar-refractivity contribution >= 4 is 34.1 Å². The van der Waals surface area contributed by atoms with E-state index in [0.717, 1.165) is 57.1 Å². The largest absolute Gasteiger partial charge is 0.497 e. The van der Waals surface area contributed by atoms with E-state index in [1.807, 2.05) is 24.3 Å². The highest BCUT2D eigenvalue weighted by Crippen LogP contribution is 2.56. The summed E-state index contributed by atoms with van der Waals surface area (Å²) in [7, 11) is 6.88. The van der Waals surface area contributed by atoms with Crippen molar-refractivity contribution in [3.05, 3.63) is 119 Å². The summed E-state index contributed by atoms with van der Waals surface area (Å²) in [6, 6.07) is 34.3. The molecule has 0 spiro atoms. The summed E-state index contributed by atoms with van der Waals surface area (Å²) in [5, 5.41) is 0. The molecule has 46 heavy (non-hydrogen) atoms. The number of ether oxygens (including phenoxy) is 4. The summed E-state index contributed by atoms with van der Waals surface area (Å²) < 4.78 is 22.8. The molecule has 2 aliphatic heterocycles. The van der Waals surface area contributed by atoms with Crippen molar-refractivity contribution in [1.29, 1.82) is 0 Å². The van der Waals surface area contributed by atoms with Gasteiger partial charge in [-0.15, -0.1) is 0 Å². The molecule has 6 nitrogen and oxygen atoms in total. The predicted molar refractivity (Wildman–Crippen MR) is 186 cm³/mol. The third kappa shape index (κ3) is 4.38. The summed E-state index contributed by atoms with van der Waals surface area (Å²) in [5.41, 5.74) is 10.8. The summed E-state index contributed by atoms with van der Waals surface area (Å²) in [6.07, 6.45) is 0. The average molecular weight is 613 g/mol. The standard InChI is InChI=1S/C40H40N2O4/c1-39(2)31-21-27(43-5)12-16-35(31)41(36-17-13-28(44-6)22-32(36)39)25-10-9-11-26(20-25)42-37-18-14-29(45-7)23-33(37)40(3,4)34-24-30(46-8)15-19-38(34)42/h9-24H,1-8H3. The van der Waals surface area contributed by atoms with E-state index in [1.54, 1.807) is 28.4 Å². The Labute approximate surface area is 271 Å². The molecular weight excluding hydrogens is 572 g/mol. The van der Waals surface area contributed by atoms with Crippen LogP contribution in [0.25, 0.3) is 0 Å². The Balaban J connectivity index is 1.45. The van der Waals surface area contributed by atoms with Gasteiger partial charge in [-0.2, -0.15) is 0 Å². The minimum Gasteiger partial charge on any atom is -0.497 e. The SMILES string of the molecule is COc1ccc2c(c1)C(C)(C)c1cc(OC)ccc1N2c1cccc(N2c3ccc(OC)cc3C(C)(C)c3cc(OC)ccc32)c1. The second-order valence-corrected chi connectivity index (χ2v) is 13.0. The van der Waals surface area contributed by atoms with Gasteiger partial charge in [0.15, 0.2) is 0 Å². The van der Waals surface area contributed by atoms with Gasteiger partial charge in [0.05, 0.1) is 51.2 Å². The molecule has 0 bridgehead atoms. The normalized spacial score (nSPS) is 15.2. The Kier molecular flexibility index (Phi) is 6.93. The highest BCUT2D eigenvalue weighted by Gasteiger charge is 2.40. The highest BCUT2D eigenvalue weighted by molar-refractivity contribution is 5.91. The molecular formula is C40H40N2O4. The van der Waals surface area contributed by atoms with Gasteiger partial charge in [-0.05, 0) is 113 Å². The first-order chi connectivity index (χ1) is 22.1. The molecule has 0 fully saturated rings. The van der Waals surface area contributed by atoms with E-state index in [1.165, 1.54) is 22.3 Å². The third-order valence-corrected chi connectivity index (χ3v) is 9.82. The molecule has 0 atom stereocenters. The molecule has 7 rings (SSSR count). The fourth-order valence-electron chi connectivity index (χ4n) is 7.23. The van der Waals surface area contributed by atoms with E-state index in [2.05, 4.69) is 110 Å². The zero-order chi connectivity index (χ0) is 32.4. The van der Waals surface area contributed by atoms with Gasteiger partial charge < -0.3 is 28.7 Å². The Bertz CT molecular complexity index is 1730. The summed E-state index contributed by atoms with van der Waals surface area (Å²) in [4.78, 5) is 4.71. The molecule has 0 N–H and O–H groups in total. The van der Waals surface area contributed by atoms with Crippen molar-refractivity contribution in [2.45, 2.75) is 38.5 Å². The predicted octanol–water partition coefficient (Wildman–Crippen LogP) is 9.94. The Hall–Kier alpha value is -5.10. The minimum absolute atomic E-state index is 0.281. The maximum atomic E-state index is 5.69. The second-order valence-electron chi connectivity index (χ2n) is 13.0. The number of methoxy groups -OCH3 is 4. The Morgan fingerprint density at radius 3 is 0.935 bits per heavy atom. The quantitative estimate of drug-likeness (QED) is 0.190. The first kappa shape index (κ1) is 29.6. The van der Waals surface area contributed by atoms with Crippen LogP contribution in [0.15, 0.2) is 97.1 Å². The van der Waals surface area contributed by atoms with Crippen LogP contribution in [0.2, 0.25) is 0 Å². The molecule has 0 amide bonds. The zero-order valence-corrected chi connectivity index (χ0v) is 27.8. The van der Waals surface area contributed by atoms with E-state index in [0.29, 0.717) is 0 Å². The maximum Gasteiger partial charge on any atom is 0.119 e. The van der Waals surface area contributed by atoms with Crippen molar-refractivity contribution in [3.63, 3.8) is 0 Å². The molecule has 0 unspecified atom stereocenters. The number of hydrogen-bond donors (Lipinski definition) is 0.